The summed E-state index contributed by atoms with van der Waals surface area (Å²) >= 11 is 0. The molecule has 0 spiro atoms. The summed E-state index contributed by atoms with van der Waals surface area (Å²) in [5, 5.41) is 0. The number of carbonyl (C=O) groups is 1. The standard InChI is InChI=1S/C17H16N2O7S/c20-17(11-2-4-14-15(8-11)26-10-25-14)18-19-27(21,22)12-3-5-13-16(9-12)24-7-1-6-23-13/h2-5,8-9,19H,1,6-7,10H2,(H,18,20). The molecular weight excluding hydrogens is 376 g/mol. The van der Waals surface area contributed by atoms with Crippen molar-refractivity contribution in [2.24, 2.45) is 0 Å². The van der Waals surface area contributed by atoms with Gasteiger partial charge in [-0.05, 0) is 30.3 Å². The maximum Gasteiger partial charge on any atom is 0.266 e. The Kier molecular flexibility index (Phi) is 4.50. The average Bonchev–Trinajstić information content (AvgIpc) is 3.01. The molecule has 4 rings (SSSR count). The summed E-state index contributed by atoms with van der Waals surface area (Å²) in [5.41, 5.74) is 2.40. The van der Waals surface area contributed by atoms with Crippen LogP contribution in [-0.4, -0.2) is 34.3 Å². The minimum Gasteiger partial charge on any atom is -0.490 e. The Hall–Kier alpha value is -2.98. The average molecular weight is 392 g/mol. The van der Waals surface area contributed by atoms with Crippen molar-refractivity contribution < 1.29 is 32.2 Å². The molecule has 2 heterocycles. The van der Waals surface area contributed by atoms with Crippen molar-refractivity contribution >= 4 is 15.9 Å². The molecule has 0 saturated heterocycles. The van der Waals surface area contributed by atoms with Crippen LogP contribution in [0.2, 0.25) is 0 Å². The highest BCUT2D eigenvalue weighted by molar-refractivity contribution is 7.89. The zero-order valence-corrected chi connectivity index (χ0v) is 14.9. The quantitative estimate of drug-likeness (QED) is 0.752. The normalized spacial score (nSPS) is 15.1. The summed E-state index contributed by atoms with van der Waals surface area (Å²) in [6, 6.07) is 8.81. The highest BCUT2D eigenvalue weighted by Gasteiger charge is 2.21. The molecular formula is C17H16N2O7S. The third-order valence-corrected chi connectivity index (χ3v) is 5.21. The van der Waals surface area contributed by atoms with Gasteiger partial charge in [-0.25, -0.2) is 8.42 Å². The first kappa shape index (κ1) is 17.4. The van der Waals surface area contributed by atoms with Gasteiger partial charge < -0.3 is 18.9 Å². The number of hydrazine groups is 1. The van der Waals surface area contributed by atoms with E-state index in [0.29, 0.717) is 42.6 Å². The Labute approximate surface area is 155 Å². The number of amides is 1. The van der Waals surface area contributed by atoms with Crippen LogP contribution in [0.25, 0.3) is 0 Å². The second kappa shape index (κ2) is 6.97. The van der Waals surface area contributed by atoms with Crippen LogP contribution < -0.4 is 29.2 Å². The van der Waals surface area contributed by atoms with Gasteiger partial charge in [-0.3, -0.25) is 10.2 Å². The van der Waals surface area contributed by atoms with Crippen molar-refractivity contribution in [3.8, 4) is 23.0 Å². The lowest BCUT2D eigenvalue weighted by Gasteiger charge is -2.11. The molecule has 2 aliphatic heterocycles. The third kappa shape index (κ3) is 3.62. The monoisotopic (exact) mass is 392 g/mol. The van der Waals surface area contributed by atoms with Crippen molar-refractivity contribution in [2.75, 3.05) is 20.0 Å². The highest BCUT2D eigenvalue weighted by Crippen LogP contribution is 2.33. The predicted octanol–water partition coefficient (Wildman–Crippen LogP) is 1.20. The van der Waals surface area contributed by atoms with Crippen LogP contribution >= 0.6 is 0 Å². The van der Waals surface area contributed by atoms with Crippen LogP contribution in [0.1, 0.15) is 16.8 Å². The Balaban J connectivity index is 1.47. The van der Waals surface area contributed by atoms with E-state index >= 15 is 0 Å². The fourth-order valence-electron chi connectivity index (χ4n) is 2.59. The van der Waals surface area contributed by atoms with E-state index < -0.39 is 15.9 Å². The van der Waals surface area contributed by atoms with Crippen LogP contribution in [0.3, 0.4) is 0 Å². The minimum atomic E-state index is -3.99. The molecule has 0 unspecified atom stereocenters. The van der Waals surface area contributed by atoms with E-state index in [-0.39, 0.29) is 17.3 Å². The Morgan fingerprint density at radius 2 is 1.52 bits per heavy atom. The molecule has 142 valence electrons. The summed E-state index contributed by atoms with van der Waals surface area (Å²) in [4.78, 5) is 14.2. The van der Waals surface area contributed by atoms with Crippen LogP contribution in [0.4, 0.5) is 0 Å². The SMILES string of the molecule is O=C(NNS(=O)(=O)c1ccc2c(c1)OCCCO2)c1ccc2c(c1)OCO2. The van der Waals surface area contributed by atoms with Gasteiger partial charge in [-0.2, -0.15) is 0 Å². The topological polar surface area (TPSA) is 112 Å². The van der Waals surface area contributed by atoms with E-state index in [1.165, 1.54) is 30.3 Å². The molecule has 0 aromatic heterocycles. The van der Waals surface area contributed by atoms with Gasteiger partial charge in [0.05, 0.1) is 18.1 Å². The lowest BCUT2D eigenvalue weighted by atomic mass is 10.2. The molecule has 2 aromatic rings. The lowest BCUT2D eigenvalue weighted by Crippen LogP contribution is -2.41. The summed E-state index contributed by atoms with van der Waals surface area (Å²) < 4.78 is 46.3. The van der Waals surface area contributed by atoms with Crippen LogP contribution in [0.15, 0.2) is 41.3 Å². The first-order valence-electron chi connectivity index (χ1n) is 8.14. The van der Waals surface area contributed by atoms with Crippen LogP contribution in [-0.2, 0) is 10.0 Å². The summed E-state index contributed by atoms with van der Waals surface area (Å²) in [7, 11) is -3.99. The number of carbonyl (C=O) groups excluding carboxylic acids is 1. The molecule has 0 atom stereocenters. The van der Waals surface area contributed by atoms with Gasteiger partial charge in [-0.1, -0.05) is 0 Å². The molecule has 0 saturated carbocycles. The van der Waals surface area contributed by atoms with Crippen LogP contribution in [0, 0.1) is 0 Å². The molecule has 2 N–H and O–H groups in total. The zero-order valence-electron chi connectivity index (χ0n) is 14.1. The Morgan fingerprint density at radius 1 is 0.852 bits per heavy atom. The van der Waals surface area contributed by atoms with Gasteiger partial charge in [0, 0.05) is 18.1 Å². The fourth-order valence-corrected chi connectivity index (χ4v) is 3.45. The van der Waals surface area contributed by atoms with Gasteiger partial charge in [-0.15, -0.1) is 4.83 Å². The molecule has 2 aliphatic rings. The molecule has 1 amide bonds. The Morgan fingerprint density at radius 3 is 2.37 bits per heavy atom. The molecule has 0 bridgehead atoms. The van der Waals surface area contributed by atoms with E-state index in [9.17, 15) is 13.2 Å². The molecule has 9 nitrogen and oxygen atoms in total. The minimum absolute atomic E-state index is 0.0577. The number of hydrogen-bond acceptors (Lipinski definition) is 7. The molecule has 0 radical (unpaired) electrons. The van der Waals surface area contributed by atoms with Crippen LogP contribution in [0.5, 0.6) is 23.0 Å². The number of nitrogens with one attached hydrogen (secondary N) is 2. The molecule has 0 fully saturated rings. The van der Waals surface area contributed by atoms with Crippen molar-refractivity contribution in [1.29, 1.82) is 0 Å². The van der Waals surface area contributed by atoms with Crippen molar-refractivity contribution in [1.82, 2.24) is 10.3 Å². The van der Waals surface area contributed by atoms with Gasteiger partial charge in [0.1, 0.15) is 0 Å². The van der Waals surface area contributed by atoms with E-state index in [4.69, 9.17) is 18.9 Å². The van der Waals surface area contributed by atoms with E-state index in [1.807, 2.05) is 0 Å². The second-order valence-electron chi connectivity index (χ2n) is 5.79. The van der Waals surface area contributed by atoms with E-state index in [2.05, 4.69) is 10.3 Å². The van der Waals surface area contributed by atoms with Gasteiger partial charge >= 0.3 is 0 Å². The number of sulfonamides is 1. The lowest BCUT2D eigenvalue weighted by molar-refractivity contribution is 0.0944. The number of benzene rings is 2. The molecule has 27 heavy (non-hydrogen) atoms. The number of rotatable bonds is 4. The summed E-state index contributed by atoms with van der Waals surface area (Å²) in [6.45, 7) is 1.02. The van der Waals surface area contributed by atoms with Crippen molar-refractivity contribution in [2.45, 2.75) is 11.3 Å². The Bertz CT molecular complexity index is 991. The number of ether oxygens (including phenoxy) is 4. The first-order chi connectivity index (χ1) is 13.0. The molecule has 2 aromatic carbocycles. The maximum atomic E-state index is 12.5. The smallest absolute Gasteiger partial charge is 0.266 e. The largest absolute Gasteiger partial charge is 0.490 e. The predicted molar refractivity (Wildman–Crippen MR) is 92.4 cm³/mol. The summed E-state index contributed by atoms with van der Waals surface area (Å²) in [6.07, 6.45) is 0.709. The maximum absolute atomic E-state index is 12.5. The first-order valence-corrected chi connectivity index (χ1v) is 9.63. The van der Waals surface area contributed by atoms with Gasteiger partial charge in [0.15, 0.2) is 23.0 Å². The van der Waals surface area contributed by atoms with Crippen molar-refractivity contribution in [3.05, 3.63) is 42.0 Å². The second-order valence-corrected chi connectivity index (χ2v) is 7.47. The zero-order chi connectivity index (χ0) is 18.9. The van der Waals surface area contributed by atoms with Gasteiger partial charge in [0.25, 0.3) is 15.9 Å². The van der Waals surface area contributed by atoms with E-state index in [1.54, 1.807) is 6.07 Å². The number of hydrogen-bond donors (Lipinski definition) is 2. The molecule has 10 heteroatoms. The molecule has 0 aliphatic carbocycles. The summed E-state index contributed by atoms with van der Waals surface area (Å²) in [5.74, 6) is 1.15. The fraction of sp³-hybridized carbons (Fsp3) is 0.235. The van der Waals surface area contributed by atoms with Crippen molar-refractivity contribution in [3.63, 3.8) is 0 Å². The van der Waals surface area contributed by atoms with Gasteiger partial charge in [0.2, 0.25) is 6.79 Å². The highest BCUT2D eigenvalue weighted by atomic mass is 32.2. The number of fused-ring (bicyclic) bond motifs is 2. The van der Waals surface area contributed by atoms with E-state index in [0.717, 1.165) is 0 Å². The third-order valence-electron chi connectivity index (χ3n) is 3.96.